The Labute approximate surface area is 171 Å². The number of fused-ring (bicyclic) bond motifs is 4. The molecule has 0 bridgehead atoms. The van der Waals surface area contributed by atoms with Crippen molar-refractivity contribution >= 4 is 0 Å². The van der Waals surface area contributed by atoms with Crippen molar-refractivity contribution in [1.29, 1.82) is 0 Å². The van der Waals surface area contributed by atoms with E-state index >= 15 is 0 Å². The minimum absolute atomic E-state index is 0.0590. The van der Waals surface area contributed by atoms with Crippen molar-refractivity contribution in [2.24, 2.45) is 0 Å². The molecule has 0 fully saturated rings. The number of hydrogen-bond acceptors (Lipinski definition) is 6. The van der Waals surface area contributed by atoms with Gasteiger partial charge in [-0.25, -0.2) is 0 Å². The highest BCUT2D eigenvalue weighted by molar-refractivity contribution is 5.56. The maximum absolute atomic E-state index is 10.1. The van der Waals surface area contributed by atoms with Gasteiger partial charge in [0.1, 0.15) is 11.5 Å². The van der Waals surface area contributed by atoms with Crippen molar-refractivity contribution in [3.8, 4) is 23.0 Å². The van der Waals surface area contributed by atoms with Crippen LogP contribution in [0.2, 0.25) is 0 Å². The molecule has 2 heterocycles. The molecule has 2 atom stereocenters. The average molecular weight is 399 g/mol. The van der Waals surface area contributed by atoms with E-state index in [2.05, 4.69) is 24.0 Å². The molecule has 6 heteroatoms. The lowest BCUT2D eigenvalue weighted by atomic mass is 9.79. The fourth-order valence-electron chi connectivity index (χ4n) is 4.94. The van der Waals surface area contributed by atoms with Gasteiger partial charge in [-0.15, -0.1) is 0 Å². The van der Waals surface area contributed by atoms with Gasteiger partial charge >= 0.3 is 0 Å². The Morgan fingerprint density at radius 1 is 0.862 bits per heavy atom. The third-order valence-corrected chi connectivity index (χ3v) is 6.41. The molecular weight excluding hydrogens is 370 g/mol. The maximum Gasteiger partial charge on any atom is 0.161 e. The van der Waals surface area contributed by atoms with E-state index in [1.54, 1.807) is 28.4 Å². The number of hydrogen-bond donors (Lipinski definition) is 1. The Balaban J connectivity index is 1.87. The monoisotopic (exact) mass is 399 g/mol. The molecule has 4 rings (SSSR count). The van der Waals surface area contributed by atoms with E-state index in [0.29, 0.717) is 11.8 Å². The average Bonchev–Trinajstić information content (AvgIpc) is 2.76. The molecule has 2 aliphatic rings. The fourth-order valence-corrected chi connectivity index (χ4v) is 4.94. The molecule has 1 N–H and O–H groups in total. The molecule has 0 amide bonds. The van der Waals surface area contributed by atoms with E-state index in [1.807, 2.05) is 6.07 Å². The lowest BCUT2D eigenvalue weighted by molar-refractivity contribution is 0.103. The smallest absolute Gasteiger partial charge is 0.161 e. The molecule has 0 saturated carbocycles. The van der Waals surface area contributed by atoms with Gasteiger partial charge in [-0.1, -0.05) is 0 Å². The van der Waals surface area contributed by atoms with Crippen LogP contribution in [0.1, 0.15) is 40.8 Å². The topological polar surface area (TPSA) is 60.4 Å². The number of aliphatic hydroxyl groups excluding tert-OH is 1. The van der Waals surface area contributed by atoms with Gasteiger partial charge in [-0.3, -0.25) is 4.90 Å². The highest BCUT2D eigenvalue weighted by Gasteiger charge is 2.39. The summed E-state index contributed by atoms with van der Waals surface area (Å²) in [6.07, 6.45) is 1.73. The summed E-state index contributed by atoms with van der Waals surface area (Å²) in [6.45, 7) is 2.98. The second kappa shape index (κ2) is 7.76. The van der Waals surface area contributed by atoms with E-state index in [-0.39, 0.29) is 12.6 Å². The van der Waals surface area contributed by atoms with Gasteiger partial charge in [-0.05, 0) is 48.6 Å². The summed E-state index contributed by atoms with van der Waals surface area (Å²) in [4.78, 5) is 2.52. The van der Waals surface area contributed by atoms with Crippen LogP contribution >= 0.6 is 0 Å². The molecule has 2 aromatic carbocycles. The standard InChI is InChI=1S/C23H29NO5/c1-13-6-14-7-22(28-4)23(29-5)9-15(14)19-8-16-17(11-24(13)19)20(26-2)10-21(27-3)18(16)12-25/h7,9-10,13,19,25H,6,8,11-12H2,1-5H3/t13-,19?/m1/s1. The first-order valence-electron chi connectivity index (χ1n) is 9.93. The van der Waals surface area contributed by atoms with E-state index in [4.69, 9.17) is 18.9 Å². The first-order chi connectivity index (χ1) is 14.1. The number of methoxy groups -OCH3 is 4. The van der Waals surface area contributed by atoms with Gasteiger partial charge < -0.3 is 24.1 Å². The molecule has 0 saturated heterocycles. The summed E-state index contributed by atoms with van der Waals surface area (Å²) in [5.41, 5.74) is 5.67. The van der Waals surface area contributed by atoms with Gasteiger partial charge in [0.25, 0.3) is 0 Å². The number of aliphatic hydroxyl groups is 1. The summed E-state index contributed by atoms with van der Waals surface area (Å²) in [6, 6.07) is 6.68. The predicted molar refractivity (Wildman–Crippen MR) is 110 cm³/mol. The van der Waals surface area contributed by atoms with Crippen LogP contribution < -0.4 is 18.9 Å². The van der Waals surface area contributed by atoms with Gasteiger partial charge in [0.15, 0.2) is 11.5 Å². The lowest BCUT2D eigenvalue weighted by Gasteiger charge is -2.46. The van der Waals surface area contributed by atoms with Crippen LogP contribution in [-0.4, -0.2) is 44.5 Å². The molecule has 2 aromatic rings. The van der Waals surface area contributed by atoms with Crippen LogP contribution in [-0.2, 0) is 26.0 Å². The zero-order valence-electron chi connectivity index (χ0n) is 17.7. The Morgan fingerprint density at radius 2 is 1.52 bits per heavy atom. The molecule has 0 aliphatic carbocycles. The van der Waals surface area contributed by atoms with E-state index in [9.17, 15) is 5.11 Å². The molecule has 156 valence electrons. The third kappa shape index (κ3) is 3.11. The summed E-state index contributed by atoms with van der Waals surface area (Å²) in [5.74, 6) is 3.01. The molecule has 0 radical (unpaired) electrons. The van der Waals surface area contributed by atoms with Crippen molar-refractivity contribution in [2.45, 2.75) is 45.0 Å². The molecule has 0 aromatic heterocycles. The number of nitrogens with zero attached hydrogens (tertiary/aromatic N) is 1. The lowest BCUT2D eigenvalue weighted by Crippen LogP contribution is -2.45. The minimum Gasteiger partial charge on any atom is -0.496 e. The summed E-state index contributed by atoms with van der Waals surface area (Å²) < 4.78 is 22.3. The zero-order chi connectivity index (χ0) is 20.7. The number of benzene rings is 2. The van der Waals surface area contributed by atoms with Crippen molar-refractivity contribution in [2.75, 3.05) is 28.4 Å². The molecule has 2 aliphatic heterocycles. The Morgan fingerprint density at radius 3 is 2.14 bits per heavy atom. The Kier molecular flexibility index (Phi) is 5.32. The van der Waals surface area contributed by atoms with Crippen molar-refractivity contribution in [3.05, 3.63) is 46.0 Å². The van der Waals surface area contributed by atoms with Crippen molar-refractivity contribution < 1.29 is 24.1 Å². The predicted octanol–water partition coefficient (Wildman–Crippen LogP) is 3.26. The minimum atomic E-state index is -0.0590. The molecule has 0 spiro atoms. The second-order valence-corrected chi connectivity index (χ2v) is 7.73. The highest BCUT2D eigenvalue weighted by Crippen LogP contribution is 2.47. The highest BCUT2D eigenvalue weighted by atomic mass is 16.5. The van der Waals surface area contributed by atoms with Gasteiger partial charge in [-0.2, -0.15) is 0 Å². The quantitative estimate of drug-likeness (QED) is 0.833. The van der Waals surface area contributed by atoms with E-state index < -0.39 is 0 Å². The van der Waals surface area contributed by atoms with Crippen LogP contribution in [0.3, 0.4) is 0 Å². The maximum atomic E-state index is 10.1. The Bertz CT molecular complexity index is 926. The second-order valence-electron chi connectivity index (χ2n) is 7.73. The SMILES string of the molecule is COc1cc2c(cc1OC)C1Cc3c(CO)c(OC)cc(OC)c3CN1[C@H](C)C2. The van der Waals surface area contributed by atoms with Gasteiger partial charge in [0.05, 0.1) is 35.0 Å². The Hall–Kier alpha value is -2.44. The van der Waals surface area contributed by atoms with Crippen molar-refractivity contribution in [3.63, 3.8) is 0 Å². The van der Waals surface area contributed by atoms with E-state index in [1.165, 1.54) is 11.1 Å². The normalized spacial score (nSPS) is 20.3. The van der Waals surface area contributed by atoms with E-state index in [0.717, 1.165) is 53.3 Å². The summed E-state index contributed by atoms with van der Waals surface area (Å²) >= 11 is 0. The first-order valence-corrected chi connectivity index (χ1v) is 9.93. The largest absolute Gasteiger partial charge is 0.496 e. The van der Waals surface area contributed by atoms with Crippen molar-refractivity contribution in [1.82, 2.24) is 4.90 Å². The number of ether oxygens (including phenoxy) is 4. The molecular formula is C23H29NO5. The van der Waals surface area contributed by atoms with Crippen LogP contribution in [0.5, 0.6) is 23.0 Å². The summed E-state index contributed by atoms with van der Waals surface area (Å²) in [7, 11) is 6.66. The summed E-state index contributed by atoms with van der Waals surface area (Å²) in [5, 5.41) is 10.1. The molecule has 29 heavy (non-hydrogen) atoms. The fraction of sp³-hybridized carbons (Fsp3) is 0.478. The molecule has 1 unspecified atom stereocenters. The first kappa shape index (κ1) is 19.9. The third-order valence-electron chi connectivity index (χ3n) is 6.41. The van der Waals surface area contributed by atoms with Gasteiger partial charge in [0, 0.05) is 35.8 Å². The van der Waals surface area contributed by atoms with Crippen LogP contribution in [0, 0.1) is 0 Å². The van der Waals surface area contributed by atoms with Crippen LogP contribution in [0.15, 0.2) is 18.2 Å². The zero-order valence-corrected chi connectivity index (χ0v) is 17.7. The molecule has 6 nitrogen and oxygen atoms in total. The van der Waals surface area contributed by atoms with Crippen LogP contribution in [0.25, 0.3) is 0 Å². The van der Waals surface area contributed by atoms with Crippen LogP contribution in [0.4, 0.5) is 0 Å². The number of rotatable bonds is 5. The van der Waals surface area contributed by atoms with Gasteiger partial charge in [0.2, 0.25) is 0 Å².